The number of aromatic nitrogens is 2. The Bertz CT molecular complexity index is 967. The van der Waals surface area contributed by atoms with Crippen molar-refractivity contribution < 1.29 is 13.9 Å². The van der Waals surface area contributed by atoms with Crippen molar-refractivity contribution in [2.75, 3.05) is 0 Å². The van der Waals surface area contributed by atoms with Gasteiger partial charge in [-0.3, -0.25) is 0 Å². The van der Waals surface area contributed by atoms with Crippen LogP contribution in [0.3, 0.4) is 0 Å². The topological polar surface area (TPSA) is 77.2 Å². The van der Waals surface area contributed by atoms with Crippen LogP contribution in [-0.4, -0.2) is 21.9 Å². The Morgan fingerprint density at radius 1 is 1.10 bits per heavy atom. The number of alkyl carbamates (subject to hydrolysis) is 1. The maximum absolute atomic E-state index is 12.4. The van der Waals surface area contributed by atoms with Gasteiger partial charge < -0.3 is 14.5 Å². The van der Waals surface area contributed by atoms with Crippen LogP contribution < -0.4 is 5.32 Å². The van der Waals surface area contributed by atoms with E-state index in [0.717, 1.165) is 11.3 Å². The van der Waals surface area contributed by atoms with Crippen molar-refractivity contribution in [1.82, 2.24) is 15.5 Å². The number of aryl methyl sites for hydroxylation is 1. The molecule has 0 bridgehead atoms. The monoisotopic (exact) mass is 425 g/mol. The normalized spacial score (nSPS) is 12.4. The van der Waals surface area contributed by atoms with E-state index in [1.54, 1.807) is 0 Å². The van der Waals surface area contributed by atoms with Crippen LogP contribution in [0.4, 0.5) is 4.79 Å². The second-order valence-electron chi connectivity index (χ2n) is 8.01. The van der Waals surface area contributed by atoms with Crippen molar-refractivity contribution in [1.29, 1.82) is 0 Å². The molecule has 0 aliphatic carbocycles. The number of hydrogen-bond donors (Lipinski definition) is 1. The summed E-state index contributed by atoms with van der Waals surface area (Å²) >= 11 is 1.48. The first kappa shape index (κ1) is 21.9. The molecule has 0 radical (unpaired) electrons. The summed E-state index contributed by atoms with van der Waals surface area (Å²) in [7, 11) is 0. The van der Waals surface area contributed by atoms with E-state index in [1.807, 2.05) is 63.2 Å². The van der Waals surface area contributed by atoms with Crippen molar-refractivity contribution in [3.05, 3.63) is 77.2 Å². The smallest absolute Gasteiger partial charge is 0.408 e. The zero-order valence-electron chi connectivity index (χ0n) is 17.7. The minimum atomic E-state index is -0.592. The molecule has 3 aromatic rings. The molecule has 0 saturated heterocycles. The molecule has 6 nitrogen and oxygen atoms in total. The Labute approximate surface area is 181 Å². The van der Waals surface area contributed by atoms with E-state index < -0.39 is 17.7 Å². The summed E-state index contributed by atoms with van der Waals surface area (Å²) in [5, 5.41) is 11.7. The van der Waals surface area contributed by atoms with Gasteiger partial charge in [-0.05, 0) is 44.4 Å². The Morgan fingerprint density at radius 3 is 2.50 bits per heavy atom. The molecule has 0 aliphatic heterocycles. The van der Waals surface area contributed by atoms with Crippen LogP contribution in [-0.2, 0) is 16.9 Å². The Kier molecular flexibility index (Phi) is 7.15. The van der Waals surface area contributed by atoms with Crippen LogP contribution in [0, 0.1) is 6.92 Å². The molecule has 1 atom stereocenters. The summed E-state index contributed by atoms with van der Waals surface area (Å²) in [6.45, 7) is 7.55. The number of hydrogen-bond acceptors (Lipinski definition) is 6. The average molecular weight is 426 g/mol. The number of thioether (sulfide) groups is 1. The molecule has 0 spiro atoms. The summed E-state index contributed by atoms with van der Waals surface area (Å²) in [4.78, 5) is 12.4. The van der Waals surface area contributed by atoms with Gasteiger partial charge >= 0.3 is 6.09 Å². The first-order valence-electron chi connectivity index (χ1n) is 9.84. The number of nitrogens with zero attached hydrogens (tertiary/aromatic N) is 2. The van der Waals surface area contributed by atoms with Crippen LogP contribution in [0.2, 0.25) is 0 Å². The Hall–Kier alpha value is -2.80. The molecule has 1 N–H and O–H groups in total. The number of carbonyl (C=O) groups is 1. The minimum Gasteiger partial charge on any atom is -0.444 e. The minimum absolute atomic E-state index is 0.358. The molecule has 1 amide bonds. The van der Waals surface area contributed by atoms with Crippen LogP contribution in [0.1, 0.15) is 49.4 Å². The van der Waals surface area contributed by atoms with Crippen molar-refractivity contribution in [3.8, 4) is 0 Å². The van der Waals surface area contributed by atoms with Gasteiger partial charge in [0.05, 0.1) is 0 Å². The molecule has 1 aromatic heterocycles. The van der Waals surface area contributed by atoms with Gasteiger partial charge in [-0.15, -0.1) is 10.2 Å². The second kappa shape index (κ2) is 9.80. The number of carbonyl (C=O) groups excluding carboxylic acids is 1. The van der Waals surface area contributed by atoms with Gasteiger partial charge in [0.15, 0.2) is 0 Å². The molecular weight excluding hydrogens is 398 g/mol. The lowest BCUT2D eigenvalue weighted by molar-refractivity contribution is 0.0494. The predicted octanol–water partition coefficient (Wildman–Crippen LogP) is 5.48. The summed E-state index contributed by atoms with van der Waals surface area (Å²) in [5.74, 6) is 1.09. The fourth-order valence-corrected chi connectivity index (χ4v) is 3.68. The van der Waals surface area contributed by atoms with Gasteiger partial charge in [0, 0.05) is 12.2 Å². The third kappa shape index (κ3) is 6.62. The lowest BCUT2D eigenvalue weighted by atomic mass is 10.1. The quantitative estimate of drug-likeness (QED) is 0.505. The van der Waals surface area contributed by atoms with Gasteiger partial charge in [0.1, 0.15) is 11.6 Å². The molecule has 7 heteroatoms. The Morgan fingerprint density at radius 2 is 1.80 bits per heavy atom. The third-order valence-electron chi connectivity index (χ3n) is 4.31. The van der Waals surface area contributed by atoms with E-state index in [2.05, 4.69) is 34.6 Å². The molecule has 0 aliphatic rings. The highest BCUT2D eigenvalue weighted by Crippen LogP contribution is 2.26. The third-order valence-corrected chi connectivity index (χ3v) is 5.17. The number of ether oxygens (including phenoxy) is 1. The summed E-state index contributed by atoms with van der Waals surface area (Å²) in [6.07, 6.45) is 0.000203. The van der Waals surface area contributed by atoms with Gasteiger partial charge in [-0.1, -0.05) is 66.4 Å². The molecule has 0 fully saturated rings. The highest BCUT2D eigenvalue weighted by atomic mass is 32.2. The van der Waals surface area contributed by atoms with Crippen LogP contribution >= 0.6 is 11.8 Å². The Balaban J connectivity index is 1.72. The average Bonchev–Trinajstić information content (AvgIpc) is 3.15. The first-order valence-corrected chi connectivity index (χ1v) is 10.8. The standard InChI is InChI=1S/C23H27N3O3S/c1-16-10-8-9-13-18(16)15-30-22-26-25-20(28-22)19(14-17-11-6-5-7-12-17)24-21(27)29-23(2,3)4/h5-13,19H,14-15H2,1-4H3,(H,24,27)/t19-/m0/s1. The molecular formula is C23H27N3O3S. The van der Waals surface area contributed by atoms with E-state index >= 15 is 0 Å². The van der Waals surface area contributed by atoms with Gasteiger partial charge in [0.25, 0.3) is 5.22 Å². The van der Waals surface area contributed by atoms with E-state index in [9.17, 15) is 4.79 Å². The number of rotatable bonds is 7. The number of amides is 1. The van der Waals surface area contributed by atoms with E-state index in [-0.39, 0.29) is 0 Å². The van der Waals surface area contributed by atoms with E-state index in [1.165, 1.54) is 22.9 Å². The van der Waals surface area contributed by atoms with Crippen molar-refractivity contribution in [2.45, 2.75) is 56.7 Å². The van der Waals surface area contributed by atoms with Gasteiger partial charge in [-0.2, -0.15) is 0 Å². The van der Waals surface area contributed by atoms with Crippen molar-refractivity contribution in [3.63, 3.8) is 0 Å². The molecule has 0 unspecified atom stereocenters. The second-order valence-corrected chi connectivity index (χ2v) is 8.94. The molecule has 30 heavy (non-hydrogen) atoms. The summed E-state index contributed by atoms with van der Waals surface area (Å²) in [5.41, 5.74) is 2.89. The van der Waals surface area contributed by atoms with Crippen LogP contribution in [0.15, 0.2) is 64.2 Å². The van der Waals surface area contributed by atoms with Crippen molar-refractivity contribution in [2.24, 2.45) is 0 Å². The first-order chi connectivity index (χ1) is 14.3. The largest absolute Gasteiger partial charge is 0.444 e. The summed E-state index contributed by atoms with van der Waals surface area (Å²) in [6, 6.07) is 17.6. The zero-order chi connectivity index (χ0) is 21.6. The van der Waals surface area contributed by atoms with Crippen LogP contribution in [0.5, 0.6) is 0 Å². The molecule has 3 rings (SSSR count). The lowest BCUT2D eigenvalue weighted by Gasteiger charge is -2.22. The summed E-state index contributed by atoms with van der Waals surface area (Å²) < 4.78 is 11.3. The van der Waals surface area contributed by atoms with Gasteiger partial charge in [0.2, 0.25) is 5.89 Å². The van der Waals surface area contributed by atoms with Crippen molar-refractivity contribution >= 4 is 17.9 Å². The fourth-order valence-electron chi connectivity index (χ4n) is 2.83. The molecule has 0 saturated carbocycles. The fraction of sp³-hybridized carbons (Fsp3) is 0.348. The zero-order valence-corrected chi connectivity index (χ0v) is 18.5. The van der Waals surface area contributed by atoms with Gasteiger partial charge in [-0.25, -0.2) is 4.79 Å². The maximum Gasteiger partial charge on any atom is 0.408 e. The number of benzene rings is 2. The van der Waals surface area contributed by atoms with E-state index in [0.29, 0.717) is 17.5 Å². The van der Waals surface area contributed by atoms with E-state index in [4.69, 9.17) is 9.15 Å². The maximum atomic E-state index is 12.4. The predicted molar refractivity (Wildman–Crippen MR) is 117 cm³/mol. The highest BCUT2D eigenvalue weighted by Gasteiger charge is 2.25. The highest BCUT2D eigenvalue weighted by molar-refractivity contribution is 7.98. The number of nitrogens with one attached hydrogen (secondary N) is 1. The molecule has 158 valence electrons. The molecule has 1 heterocycles. The molecule has 2 aromatic carbocycles. The lowest BCUT2D eigenvalue weighted by Crippen LogP contribution is -2.36. The SMILES string of the molecule is Cc1ccccc1CSc1nnc([C@H](Cc2ccccc2)NC(=O)OC(C)(C)C)o1. The van der Waals surface area contributed by atoms with Crippen LogP contribution in [0.25, 0.3) is 0 Å².